The highest BCUT2D eigenvalue weighted by Crippen LogP contribution is 2.32. The van der Waals surface area contributed by atoms with E-state index in [0.717, 1.165) is 23.8 Å². The zero-order chi connectivity index (χ0) is 19.6. The molecule has 7 heteroatoms. The van der Waals surface area contributed by atoms with Crippen molar-refractivity contribution in [3.8, 4) is 0 Å². The number of hydrogen-bond donors (Lipinski definition) is 1. The maximum atomic E-state index is 12.6. The van der Waals surface area contributed by atoms with E-state index in [1.54, 1.807) is 17.0 Å². The van der Waals surface area contributed by atoms with E-state index in [2.05, 4.69) is 5.32 Å². The normalized spacial score (nSPS) is 16.5. The molecule has 1 atom stereocenters. The van der Waals surface area contributed by atoms with Crippen LogP contribution in [-0.2, 0) is 25.8 Å². The highest BCUT2D eigenvalue weighted by Gasteiger charge is 2.30. The average molecular weight is 386 g/mol. The summed E-state index contributed by atoms with van der Waals surface area (Å²) in [6.07, 6.45) is 2.00. The van der Waals surface area contributed by atoms with Crippen molar-refractivity contribution in [2.24, 2.45) is 0 Å². The number of sulfone groups is 1. The van der Waals surface area contributed by atoms with Gasteiger partial charge in [0, 0.05) is 25.4 Å². The molecule has 2 amide bonds. The molecular formula is C20H22N2O4S. The monoisotopic (exact) mass is 386 g/mol. The Labute approximate surface area is 159 Å². The molecule has 27 heavy (non-hydrogen) atoms. The number of hydrogen-bond acceptors (Lipinski definition) is 4. The van der Waals surface area contributed by atoms with E-state index in [-0.39, 0.29) is 29.2 Å². The molecule has 0 fully saturated rings. The van der Waals surface area contributed by atoms with Crippen LogP contribution in [0.25, 0.3) is 0 Å². The molecular weight excluding hydrogens is 364 g/mol. The molecule has 142 valence electrons. The molecule has 2 aromatic rings. The predicted molar refractivity (Wildman–Crippen MR) is 103 cm³/mol. The van der Waals surface area contributed by atoms with Crippen LogP contribution in [0, 0.1) is 0 Å². The molecule has 1 heterocycles. The van der Waals surface area contributed by atoms with E-state index in [1.807, 2.05) is 24.3 Å². The Morgan fingerprint density at radius 2 is 1.89 bits per heavy atom. The van der Waals surface area contributed by atoms with Crippen LogP contribution in [-0.4, -0.2) is 37.9 Å². The maximum absolute atomic E-state index is 12.6. The van der Waals surface area contributed by atoms with Crippen molar-refractivity contribution in [1.29, 1.82) is 0 Å². The largest absolute Gasteiger partial charge is 0.335 e. The number of carbonyl (C=O) groups excluding carboxylic acids is 2. The predicted octanol–water partition coefficient (Wildman–Crippen LogP) is 2.56. The van der Waals surface area contributed by atoms with Gasteiger partial charge < -0.3 is 10.2 Å². The lowest BCUT2D eigenvalue weighted by atomic mass is 9.90. The SMILES string of the molecule is CC(=O)N1CCc2ccccc2C1CC(=O)Nc1cccc(S(C)(=O)=O)c1. The Bertz CT molecular complexity index is 985. The van der Waals surface area contributed by atoms with Gasteiger partial charge in [0.25, 0.3) is 0 Å². The van der Waals surface area contributed by atoms with E-state index in [0.29, 0.717) is 12.2 Å². The first kappa shape index (κ1) is 19.1. The van der Waals surface area contributed by atoms with Crippen LogP contribution in [0.3, 0.4) is 0 Å². The van der Waals surface area contributed by atoms with Gasteiger partial charge in [-0.15, -0.1) is 0 Å². The van der Waals surface area contributed by atoms with Gasteiger partial charge in [0.2, 0.25) is 11.8 Å². The number of carbonyl (C=O) groups is 2. The van der Waals surface area contributed by atoms with E-state index >= 15 is 0 Å². The van der Waals surface area contributed by atoms with Crippen molar-refractivity contribution in [2.45, 2.75) is 30.7 Å². The van der Waals surface area contributed by atoms with Crippen molar-refractivity contribution in [3.05, 3.63) is 59.7 Å². The first-order valence-corrected chi connectivity index (χ1v) is 10.6. The van der Waals surface area contributed by atoms with E-state index in [9.17, 15) is 18.0 Å². The minimum atomic E-state index is -3.35. The summed E-state index contributed by atoms with van der Waals surface area (Å²) < 4.78 is 23.4. The molecule has 0 radical (unpaired) electrons. The summed E-state index contributed by atoms with van der Waals surface area (Å²) in [5.41, 5.74) is 2.55. The van der Waals surface area contributed by atoms with Gasteiger partial charge in [-0.05, 0) is 35.7 Å². The highest BCUT2D eigenvalue weighted by molar-refractivity contribution is 7.90. The highest BCUT2D eigenvalue weighted by atomic mass is 32.2. The molecule has 3 rings (SSSR count). The molecule has 2 aromatic carbocycles. The summed E-state index contributed by atoms with van der Waals surface area (Å²) in [6.45, 7) is 2.09. The van der Waals surface area contributed by atoms with Crippen molar-refractivity contribution in [3.63, 3.8) is 0 Å². The van der Waals surface area contributed by atoms with Gasteiger partial charge in [-0.1, -0.05) is 30.3 Å². The molecule has 1 N–H and O–H groups in total. The second-order valence-electron chi connectivity index (χ2n) is 6.73. The number of benzene rings is 2. The Balaban J connectivity index is 1.81. The zero-order valence-corrected chi connectivity index (χ0v) is 16.1. The Kier molecular flexibility index (Phi) is 5.32. The number of fused-ring (bicyclic) bond motifs is 1. The Morgan fingerprint density at radius 1 is 1.15 bits per heavy atom. The van der Waals surface area contributed by atoms with Gasteiger partial charge in [-0.2, -0.15) is 0 Å². The minimum absolute atomic E-state index is 0.0682. The summed E-state index contributed by atoms with van der Waals surface area (Å²) in [5, 5.41) is 2.75. The lowest BCUT2D eigenvalue weighted by Gasteiger charge is -2.36. The number of amides is 2. The summed E-state index contributed by atoms with van der Waals surface area (Å²) in [4.78, 5) is 26.5. The van der Waals surface area contributed by atoms with Crippen LogP contribution in [0.2, 0.25) is 0 Å². The number of rotatable bonds is 4. The first-order chi connectivity index (χ1) is 12.8. The summed E-state index contributed by atoms with van der Waals surface area (Å²) in [5.74, 6) is -0.338. The molecule has 0 aliphatic carbocycles. The molecule has 6 nitrogen and oxygen atoms in total. The third kappa shape index (κ3) is 4.36. The molecule has 0 aromatic heterocycles. The van der Waals surface area contributed by atoms with E-state index < -0.39 is 9.84 Å². The molecule has 0 bridgehead atoms. The quantitative estimate of drug-likeness (QED) is 0.875. The molecule has 1 aliphatic heterocycles. The van der Waals surface area contributed by atoms with Crippen LogP contribution in [0.1, 0.15) is 30.5 Å². The van der Waals surface area contributed by atoms with Gasteiger partial charge in [-0.25, -0.2) is 8.42 Å². The fraction of sp³-hybridized carbons (Fsp3) is 0.300. The minimum Gasteiger partial charge on any atom is -0.335 e. The van der Waals surface area contributed by atoms with Gasteiger partial charge in [-0.3, -0.25) is 9.59 Å². The van der Waals surface area contributed by atoms with Gasteiger partial charge >= 0.3 is 0 Å². The van der Waals surface area contributed by atoms with Crippen LogP contribution in [0.15, 0.2) is 53.4 Å². The standard InChI is InChI=1S/C20H22N2O4S/c1-14(23)22-11-10-15-6-3-4-9-18(15)19(22)13-20(24)21-16-7-5-8-17(12-16)27(2,25)26/h3-9,12,19H,10-11,13H2,1-2H3,(H,21,24). The molecule has 0 spiro atoms. The third-order valence-electron chi connectivity index (χ3n) is 4.74. The Morgan fingerprint density at radius 3 is 2.59 bits per heavy atom. The number of nitrogens with zero attached hydrogens (tertiary/aromatic N) is 1. The fourth-order valence-electron chi connectivity index (χ4n) is 3.44. The summed E-state index contributed by atoms with van der Waals surface area (Å²) in [6, 6.07) is 13.7. The Hall–Kier alpha value is -2.67. The van der Waals surface area contributed by atoms with E-state index in [1.165, 1.54) is 19.1 Å². The number of nitrogens with one attached hydrogen (secondary N) is 1. The average Bonchev–Trinajstić information content (AvgIpc) is 2.61. The van der Waals surface area contributed by atoms with E-state index in [4.69, 9.17) is 0 Å². The lowest BCUT2D eigenvalue weighted by molar-refractivity contribution is -0.132. The maximum Gasteiger partial charge on any atom is 0.226 e. The third-order valence-corrected chi connectivity index (χ3v) is 5.85. The van der Waals surface area contributed by atoms with Crippen molar-refractivity contribution >= 4 is 27.3 Å². The summed E-state index contributed by atoms with van der Waals surface area (Å²) >= 11 is 0. The molecule has 1 unspecified atom stereocenters. The van der Waals surface area contributed by atoms with Crippen LogP contribution < -0.4 is 5.32 Å². The summed E-state index contributed by atoms with van der Waals surface area (Å²) in [7, 11) is -3.35. The van der Waals surface area contributed by atoms with Crippen LogP contribution in [0.4, 0.5) is 5.69 Å². The second-order valence-corrected chi connectivity index (χ2v) is 8.75. The van der Waals surface area contributed by atoms with Crippen LogP contribution in [0.5, 0.6) is 0 Å². The van der Waals surface area contributed by atoms with Crippen molar-refractivity contribution in [1.82, 2.24) is 4.90 Å². The number of anilines is 1. The van der Waals surface area contributed by atoms with Gasteiger partial charge in [0.05, 0.1) is 17.4 Å². The van der Waals surface area contributed by atoms with Crippen molar-refractivity contribution < 1.29 is 18.0 Å². The fourth-order valence-corrected chi connectivity index (χ4v) is 4.11. The van der Waals surface area contributed by atoms with Crippen molar-refractivity contribution in [2.75, 3.05) is 18.1 Å². The lowest BCUT2D eigenvalue weighted by Crippen LogP contribution is -2.40. The zero-order valence-electron chi connectivity index (χ0n) is 15.3. The first-order valence-electron chi connectivity index (χ1n) is 8.70. The smallest absolute Gasteiger partial charge is 0.226 e. The molecule has 0 saturated heterocycles. The molecule has 1 aliphatic rings. The topological polar surface area (TPSA) is 83.6 Å². The van der Waals surface area contributed by atoms with Crippen LogP contribution >= 0.6 is 0 Å². The second kappa shape index (κ2) is 7.52. The molecule has 0 saturated carbocycles. The van der Waals surface area contributed by atoms with Gasteiger partial charge in [0.1, 0.15) is 0 Å². The van der Waals surface area contributed by atoms with Gasteiger partial charge in [0.15, 0.2) is 9.84 Å².